The van der Waals surface area contributed by atoms with Gasteiger partial charge in [-0.05, 0) is 6.08 Å². The highest BCUT2D eigenvalue weighted by Gasteiger charge is 2.07. The summed E-state index contributed by atoms with van der Waals surface area (Å²) in [5.74, 6) is 0. The maximum Gasteiger partial charge on any atom is 0.206 e. The summed E-state index contributed by atoms with van der Waals surface area (Å²) in [5, 5.41) is 14.6. The highest BCUT2D eigenvalue weighted by molar-refractivity contribution is 5.66. The first-order valence-electron chi connectivity index (χ1n) is 2.96. The highest BCUT2D eigenvalue weighted by atomic mass is 16.5. The number of fused-ring (bicyclic) bond motifs is 1. The maximum absolute atomic E-state index is 10.7. The summed E-state index contributed by atoms with van der Waals surface area (Å²) >= 11 is 0. The predicted octanol–water partition coefficient (Wildman–Crippen LogP) is 0.540. The molecule has 0 saturated carbocycles. The molecule has 0 aromatic carbocycles. The Morgan fingerprint density at radius 2 is 2.40 bits per heavy atom. The molecule has 0 atom stereocenters. The Balaban J connectivity index is 2.59. The van der Waals surface area contributed by atoms with Crippen LogP contribution in [0.25, 0.3) is 6.08 Å². The number of aromatic nitrogens is 1. The number of nitrogens with zero attached hydrogens (tertiary/aromatic N) is 2. The van der Waals surface area contributed by atoms with E-state index < -0.39 is 0 Å². The Morgan fingerprint density at radius 1 is 1.50 bits per heavy atom. The molecule has 0 aliphatic carbocycles. The summed E-state index contributed by atoms with van der Waals surface area (Å²) in [6.45, 7) is 0. The van der Waals surface area contributed by atoms with E-state index in [0.717, 1.165) is 16.0 Å². The van der Waals surface area contributed by atoms with E-state index in [0.29, 0.717) is 0 Å². The Hall–Kier alpha value is -1.51. The molecule has 3 heteroatoms. The van der Waals surface area contributed by atoms with Crippen LogP contribution in [0.2, 0.25) is 0 Å². The van der Waals surface area contributed by atoms with Gasteiger partial charge in [-0.1, -0.05) is 0 Å². The van der Waals surface area contributed by atoms with E-state index in [2.05, 4.69) is 5.32 Å². The molecule has 1 aliphatic rings. The van der Waals surface area contributed by atoms with E-state index >= 15 is 0 Å². The number of hydrogen-bond donors (Lipinski definition) is 0. The second-order valence-electron chi connectivity index (χ2n) is 2.09. The molecular weight excluding hydrogens is 128 g/mol. The zero-order valence-electron chi connectivity index (χ0n) is 5.19. The van der Waals surface area contributed by atoms with Gasteiger partial charge in [0.15, 0.2) is 6.20 Å². The zero-order valence-corrected chi connectivity index (χ0v) is 5.19. The van der Waals surface area contributed by atoms with E-state index in [1.54, 1.807) is 12.3 Å². The summed E-state index contributed by atoms with van der Waals surface area (Å²) in [7, 11) is 0. The number of hydrogen-bond acceptors (Lipinski definition) is 1. The van der Waals surface area contributed by atoms with Gasteiger partial charge in [-0.3, -0.25) is 0 Å². The fraction of sp³-hybridized carbons (Fsp3) is 0. The van der Waals surface area contributed by atoms with Crippen molar-refractivity contribution in [1.82, 2.24) is 5.32 Å². The quantitative estimate of drug-likeness (QED) is 0.376. The summed E-state index contributed by atoms with van der Waals surface area (Å²) in [4.78, 5) is 0. The lowest BCUT2D eigenvalue weighted by Gasteiger charge is -1.96. The molecule has 0 N–H and O–H groups in total. The van der Waals surface area contributed by atoms with Crippen LogP contribution in [-0.4, -0.2) is 0 Å². The van der Waals surface area contributed by atoms with Crippen LogP contribution in [0.3, 0.4) is 0 Å². The summed E-state index contributed by atoms with van der Waals surface area (Å²) < 4.78 is 0.745. The normalized spacial score (nSPS) is 12.8. The molecule has 2 rings (SSSR count). The Bertz CT molecular complexity index is 294. The second kappa shape index (κ2) is 1.73. The molecule has 1 radical (unpaired) electrons. The van der Waals surface area contributed by atoms with Crippen LogP contribution in [0.4, 0.5) is 5.69 Å². The molecule has 0 amide bonds. The second-order valence-corrected chi connectivity index (χ2v) is 2.09. The summed E-state index contributed by atoms with van der Waals surface area (Å²) in [6.07, 6.45) is 6.47. The highest BCUT2D eigenvalue weighted by Crippen LogP contribution is 2.19. The molecule has 0 fully saturated rings. The summed E-state index contributed by atoms with van der Waals surface area (Å²) in [6, 6.07) is 1.75. The van der Waals surface area contributed by atoms with Gasteiger partial charge >= 0.3 is 0 Å². The largest absolute Gasteiger partial charge is 0.619 e. The van der Waals surface area contributed by atoms with E-state index in [4.69, 9.17) is 0 Å². The van der Waals surface area contributed by atoms with Crippen LogP contribution in [0, 0.1) is 5.21 Å². The molecule has 3 nitrogen and oxygen atoms in total. The third kappa shape index (κ3) is 0.639. The molecule has 1 aromatic rings. The van der Waals surface area contributed by atoms with E-state index in [1.165, 1.54) is 12.4 Å². The molecule has 0 spiro atoms. The maximum atomic E-state index is 10.7. The van der Waals surface area contributed by atoms with Crippen LogP contribution in [-0.2, 0) is 0 Å². The van der Waals surface area contributed by atoms with Gasteiger partial charge in [0.25, 0.3) is 0 Å². The fourth-order valence-corrected chi connectivity index (χ4v) is 0.924. The van der Waals surface area contributed by atoms with Gasteiger partial charge in [0.1, 0.15) is 5.69 Å². The van der Waals surface area contributed by atoms with E-state index in [1.807, 2.05) is 6.08 Å². The van der Waals surface area contributed by atoms with Gasteiger partial charge in [0.2, 0.25) is 6.20 Å². The lowest BCUT2D eigenvalue weighted by Crippen LogP contribution is -2.24. The molecule has 49 valence electrons. The average molecular weight is 133 g/mol. The fourth-order valence-electron chi connectivity index (χ4n) is 0.924. The van der Waals surface area contributed by atoms with Crippen molar-refractivity contribution in [3.63, 3.8) is 0 Å². The first-order valence-corrected chi connectivity index (χ1v) is 2.96. The topological polar surface area (TPSA) is 41.0 Å². The van der Waals surface area contributed by atoms with Crippen molar-refractivity contribution >= 4 is 11.8 Å². The van der Waals surface area contributed by atoms with Gasteiger partial charge in [-0.2, -0.15) is 4.73 Å². The minimum absolute atomic E-state index is 0.745. The number of pyridine rings is 1. The third-order valence-corrected chi connectivity index (χ3v) is 1.41. The molecule has 0 unspecified atom stereocenters. The van der Waals surface area contributed by atoms with Crippen molar-refractivity contribution in [2.45, 2.75) is 0 Å². The Labute approximate surface area is 58.2 Å². The Morgan fingerprint density at radius 3 is 3.30 bits per heavy atom. The van der Waals surface area contributed by atoms with Gasteiger partial charge in [0.05, 0.1) is 0 Å². The molecule has 1 aromatic heterocycles. The molecule has 0 saturated heterocycles. The van der Waals surface area contributed by atoms with Gasteiger partial charge in [0, 0.05) is 17.8 Å². The van der Waals surface area contributed by atoms with Crippen molar-refractivity contribution in [3.05, 3.63) is 35.4 Å². The van der Waals surface area contributed by atoms with Crippen molar-refractivity contribution in [1.29, 1.82) is 0 Å². The average Bonchev–Trinajstić information content (AvgIpc) is 2.33. The van der Waals surface area contributed by atoms with Crippen LogP contribution in [0.1, 0.15) is 5.56 Å². The van der Waals surface area contributed by atoms with E-state index in [9.17, 15) is 5.21 Å². The van der Waals surface area contributed by atoms with Crippen molar-refractivity contribution in [2.75, 3.05) is 0 Å². The molecule has 2 heterocycles. The lowest BCUT2D eigenvalue weighted by atomic mass is 10.2. The SMILES string of the molecule is [O-][n+]1ccc2c(c1)[N]C=C2. The standard InChI is InChI=1S/C7H5N2O/c10-9-4-2-6-1-3-8-7(6)5-9/h1-5H. The van der Waals surface area contributed by atoms with Crippen molar-refractivity contribution in [3.8, 4) is 0 Å². The van der Waals surface area contributed by atoms with E-state index in [-0.39, 0.29) is 0 Å². The van der Waals surface area contributed by atoms with Crippen LogP contribution in [0.15, 0.2) is 24.7 Å². The van der Waals surface area contributed by atoms with Crippen molar-refractivity contribution < 1.29 is 4.73 Å². The molecule has 10 heavy (non-hydrogen) atoms. The lowest BCUT2D eigenvalue weighted by molar-refractivity contribution is -0.604. The van der Waals surface area contributed by atoms with Crippen LogP contribution >= 0.6 is 0 Å². The zero-order chi connectivity index (χ0) is 6.97. The van der Waals surface area contributed by atoms with Crippen LogP contribution < -0.4 is 10.0 Å². The smallest absolute Gasteiger partial charge is 0.206 e. The van der Waals surface area contributed by atoms with Crippen LogP contribution in [0.5, 0.6) is 0 Å². The van der Waals surface area contributed by atoms with Gasteiger partial charge < -0.3 is 5.21 Å². The molecule has 0 bridgehead atoms. The predicted molar refractivity (Wildman–Crippen MR) is 36.2 cm³/mol. The number of rotatable bonds is 0. The van der Waals surface area contributed by atoms with Crippen molar-refractivity contribution in [2.24, 2.45) is 0 Å². The van der Waals surface area contributed by atoms with Gasteiger partial charge in [-0.15, -0.1) is 0 Å². The minimum Gasteiger partial charge on any atom is -0.619 e. The monoisotopic (exact) mass is 133 g/mol. The minimum atomic E-state index is 0.745. The molecule has 1 aliphatic heterocycles. The third-order valence-electron chi connectivity index (χ3n) is 1.41. The summed E-state index contributed by atoms with van der Waals surface area (Å²) in [5.41, 5.74) is 1.75. The Kier molecular flexibility index (Phi) is 0.917. The molecular formula is C7H5N2O. The van der Waals surface area contributed by atoms with Gasteiger partial charge in [-0.25, -0.2) is 5.32 Å². The first kappa shape index (κ1) is 5.29. The first-order chi connectivity index (χ1) is 4.86.